The molecule has 0 heterocycles. The van der Waals surface area contributed by atoms with Crippen LogP contribution >= 0.6 is 0 Å². The van der Waals surface area contributed by atoms with Gasteiger partial charge in [-0.3, -0.25) is 0 Å². The van der Waals surface area contributed by atoms with Crippen molar-refractivity contribution >= 4 is 12.2 Å². The first kappa shape index (κ1) is 13.8. The summed E-state index contributed by atoms with van der Waals surface area (Å²) in [7, 11) is 4.56. The van der Waals surface area contributed by atoms with Gasteiger partial charge in [0.25, 0.3) is 0 Å². The monoisotopic (exact) mass is 253 g/mol. The van der Waals surface area contributed by atoms with Gasteiger partial charge >= 0.3 is 5.97 Å². The maximum atomic E-state index is 10.6. The summed E-state index contributed by atoms with van der Waals surface area (Å²) < 4.78 is 15.5. The Morgan fingerprint density at radius 3 is 2.06 bits per heavy atom. The lowest BCUT2D eigenvalue weighted by molar-refractivity contribution is -0.140. The van der Waals surface area contributed by atoms with E-state index in [1.165, 1.54) is 34.5 Å². The van der Waals surface area contributed by atoms with Crippen LogP contribution in [0.1, 0.15) is 12.5 Å². The molecule has 0 N–H and O–H groups in total. The molecule has 0 bridgehead atoms. The Bertz CT molecular complexity index is 431. The first-order valence-electron chi connectivity index (χ1n) is 5.13. The second kappa shape index (κ2) is 6.48. The van der Waals surface area contributed by atoms with Crippen molar-refractivity contribution < 1.29 is 23.8 Å². The molecule has 0 radical (unpaired) electrons. The first-order valence-corrected chi connectivity index (χ1v) is 5.13. The lowest BCUT2D eigenvalue weighted by Gasteiger charge is -2.12. The normalized spacial score (nSPS) is 10.2. The van der Waals surface area contributed by atoms with Gasteiger partial charge in [0.05, 0.1) is 27.5 Å². The van der Waals surface area contributed by atoms with Crippen LogP contribution in [0.3, 0.4) is 0 Å². The molecule has 0 spiro atoms. The van der Waals surface area contributed by atoms with E-state index >= 15 is 0 Å². The van der Waals surface area contributed by atoms with Crippen molar-refractivity contribution in [1.82, 2.24) is 0 Å². The molecule has 0 amide bonds. The standard InChI is InChI=1S/C12H15NO5/c1-8(14)18-13-7-9-5-10(15-2)12(17-4)11(6-9)16-3/h5-7H,1-4H3. The van der Waals surface area contributed by atoms with E-state index in [1.54, 1.807) is 12.1 Å². The van der Waals surface area contributed by atoms with Gasteiger partial charge in [-0.05, 0) is 12.1 Å². The number of carbonyl (C=O) groups excluding carboxylic acids is 1. The number of carbonyl (C=O) groups is 1. The molecule has 1 aromatic carbocycles. The lowest BCUT2D eigenvalue weighted by atomic mass is 10.2. The van der Waals surface area contributed by atoms with E-state index in [0.717, 1.165) is 0 Å². The Labute approximate surface area is 105 Å². The van der Waals surface area contributed by atoms with Crippen LogP contribution in [0.25, 0.3) is 0 Å². The molecule has 0 aliphatic carbocycles. The van der Waals surface area contributed by atoms with E-state index < -0.39 is 5.97 Å². The highest BCUT2D eigenvalue weighted by Gasteiger charge is 2.12. The van der Waals surface area contributed by atoms with Crippen molar-refractivity contribution in [2.24, 2.45) is 5.16 Å². The van der Waals surface area contributed by atoms with Gasteiger partial charge in [0.2, 0.25) is 5.75 Å². The third-order valence-corrected chi connectivity index (χ3v) is 2.07. The first-order chi connectivity index (χ1) is 8.62. The third kappa shape index (κ3) is 3.38. The second-order valence-electron chi connectivity index (χ2n) is 3.28. The molecule has 0 saturated carbocycles. The summed E-state index contributed by atoms with van der Waals surface area (Å²) in [6.07, 6.45) is 1.38. The summed E-state index contributed by atoms with van der Waals surface area (Å²) in [6, 6.07) is 3.38. The fraction of sp³-hybridized carbons (Fsp3) is 0.333. The summed E-state index contributed by atoms with van der Waals surface area (Å²) >= 11 is 0. The van der Waals surface area contributed by atoms with Crippen LogP contribution in [0, 0.1) is 0 Å². The molecule has 1 rings (SSSR count). The number of hydrogen-bond acceptors (Lipinski definition) is 6. The van der Waals surface area contributed by atoms with Gasteiger partial charge in [-0.15, -0.1) is 0 Å². The Kier molecular flexibility index (Phi) is 4.98. The number of methoxy groups -OCH3 is 3. The minimum absolute atomic E-state index is 0.487. The number of rotatable bonds is 5. The van der Waals surface area contributed by atoms with Crippen molar-refractivity contribution in [3.63, 3.8) is 0 Å². The molecule has 6 heteroatoms. The average molecular weight is 253 g/mol. The summed E-state index contributed by atoms with van der Waals surface area (Å²) in [6.45, 7) is 1.27. The molecule has 0 aromatic heterocycles. The van der Waals surface area contributed by atoms with E-state index in [2.05, 4.69) is 9.99 Å². The summed E-state index contributed by atoms with van der Waals surface area (Å²) in [5.74, 6) is 1.01. The molecule has 0 fully saturated rings. The highest BCUT2D eigenvalue weighted by molar-refractivity contribution is 5.82. The number of hydrogen-bond donors (Lipinski definition) is 0. The predicted octanol–water partition coefficient (Wildman–Crippen LogP) is 1.61. The van der Waals surface area contributed by atoms with Crippen molar-refractivity contribution in [3.05, 3.63) is 17.7 Å². The Balaban J connectivity index is 3.07. The molecule has 18 heavy (non-hydrogen) atoms. The van der Waals surface area contributed by atoms with E-state index in [0.29, 0.717) is 22.8 Å². The van der Waals surface area contributed by atoms with E-state index in [1.807, 2.05) is 0 Å². The lowest BCUT2D eigenvalue weighted by Crippen LogP contribution is -1.97. The number of oxime groups is 1. The molecule has 0 unspecified atom stereocenters. The highest BCUT2D eigenvalue weighted by Crippen LogP contribution is 2.37. The van der Waals surface area contributed by atoms with E-state index in [9.17, 15) is 4.79 Å². The van der Waals surface area contributed by atoms with E-state index in [-0.39, 0.29) is 0 Å². The van der Waals surface area contributed by atoms with Gasteiger partial charge in [0.15, 0.2) is 11.5 Å². The molecule has 0 atom stereocenters. The van der Waals surface area contributed by atoms with Crippen molar-refractivity contribution in [1.29, 1.82) is 0 Å². The van der Waals surface area contributed by atoms with Gasteiger partial charge in [-0.25, -0.2) is 4.79 Å². The van der Waals surface area contributed by atoms with Gasteiger partial charge < -0.3 is 19.0 Å². The molecule has 0 aliphatic heterocycles. The number of benzene rings is 1. The SMILES string of the molecule is COc1cc(C=NOC(C)=O)cc(OC)c1OC. The van der Waals surface area contributed by atoms with Crippen LogP contribution in [0.4, 0.5) is 0 Å². The van der Waals surface area contributed by atoms with Gasteiger partial charge in [-0.2, -0.15) is 0 Å². The zero-order chi connectivity index (χ0) is 13.5. The molecular weight excluding hydrogens is 238 g/mol. The van der Waals surface area contributed by atoms with Crippen molar-refractivity contribution in [2.75, 3.05) is 21.3 Å². The third-order valence-electron chi connectivity index (χ3n) is 2.07. The Morgan fingerprint density at radius 1 is 1.11 bits per heavy atom. The van der Waals surface area contributed by atoms with Crippen LogP contribution in [-0.4, -0.2) is 33.5 Å². The molecular formula is C12H15NO5. The highest BCUT2D eigenvalue weighted by atomic mass is 16.7. The molecule has 0 saturated heterocycles. The topological polar surface area (TPSA) is 66.4 Å². The quantitative estimate of drug-likeness (QED) is 0.453. The number of ether oxygens (including phenoxy) is 3. The second-order valence-corrected chi connectivity index (χ2v) is 3.28. The average Bonchev–Trinajstić information content (AvgIpc) is 2.36. The zero-order valence-corrected chi connectivity index (χ0v) is 10.7. The van der Waals surface area contributed by atoms with Gasteiger partial charge in [0.1, 0.15) is 0 Å². The minimum atomic E-state index is -0.487. The smallest absolute Gasteiger partial charge is 0.331 e. The van der Waals surface area contributed by atoms with Crippen LogP contribution in [0.2, 0.25) is 0 Å². The maximum absolute atomic E-state index is 10.6. The predicted molar refractivity (Wildman–Crippen MR) is 65.5 cm³/mol. The van der Waals surface area contributed by atoms with E-state index in [4.69, 9.17) is 14.2 Å². The summed E-state index contributed by atoms with van der Waals surface area (Å²) in [5, 5.41) is 3.52. The maximum Gasteiger partial charge on any atom is 0.331 e. The van der Waals surface area contributed by atoms with Crippen molar-refractivity contribution in [2.45, 2.75) is 6.92 Å². The largest absolute Gasteiger partial charge is 0.493 e. The number of nitrogens with zero attached hydrogens (tertiary/aromatic N) is 1. The van der Waals surface area contributed by atoms with Crippen molar-refractivity contribution in [3.8, 4) is 17.2 Å². The van der Waals surface area contributed by atoms with Gasteiger partial charge in [-0.1, -0.05) is 5.16 Å². The van der Waals surface area contributed by atoms with Gasteiger partial charge in [0, 0.05) is 12.5 Å². The fourth-order valence-electron chi connectivity index (χ4n) is 1.34. The summed E-state index contributed by atoms with van der Waals surface area (Å²) in [5.41, 5.74) is 0.658. The molecule has 98 valence electrons. The summed E-state index contributed by atoms with van der Waals surface area (Å²) in [4.78, 5) is 15.0. The molecule has 6 nitrogen and oxygen atoms in total. The molecule has 0 aliphatic rings. The van der Waals surface area contributed by atoms with Crippen LogP contribution in [0.5, 0.6) is 17.2 Å². The fourth-order valence-corrected chi connectivity index (χ4v) is 1.34. The Morgan fingerprint density at radius 2 is 1.67 bits per heavy atom. The zero-order valence-electron chi connectivity index (χ0n) is 10.7. The minimum Gasteiger partial charge on any atom is -0.493 e. The van der Waals surface area contributed by atoms with Crippen LogP contribution in [-0.2, 0) is 9.63 Å². The van der Waals surface area contributed by atoms with Crippen LogP contribution in [0.15, 0.2) is 17.3 Å². The van der Waals surface area contributed by atoms with Crippen LogP contribution < -0.4 is 14.2 Å². The Hall–Kier alpha value is -2.24. The molecule has 1 aromatic rings.